The maximum atomic E-state index is 12.3. The summed E-state index contributed by atoms with van der Waals surface area (Å²) in [5.41, 5.74) is 2.55. The molecule has 1 atom stereocenters. The number of benzene rings is 1. The SMILES string of the molecule is CCc1ccc(CN(C)C(=O)[C@H]2CCCNC2)cc1. The van der Waals surface area contributed by atoms with Crippen LogP contribution in [-0.4, -0.2) is 30.9 Å². The van der Waals surface area contributed by atoms with Crippen LogP contribution < -0.4 is 5.32 Å². The molecular weight excluding hydrogens is 236 g/mol. The van der Waals surface area contributed by atoms with Crippen LogP contribution >= 0.6 is 0 Å². The molecule has 3 heteroatoms. The second-order valence-corrected chi connectivity index (χ2v) is 5.41. The number of carbonyl (C=O) groups is 1. The van der Waals surface area contributed by atoms with Gasteiger partial charge in [0.25, 0.3) is 0 Å². The highest BCUT2D eigenvalue weighted by Gasteiger charge is 2.23. The highest BCUT2D eigenvalue weighted by Crippen LogP contribution is 2.15. The van der Waals surface area contributed by atoms with Gasteiger partial charge in [0.2, 0.25) is 5.91 Å². The third-order valence-electron chi connectivity index (χ3n) is 3.87. The van der Waals surface area contributed by atoms with Crippen LogP contribution in [-0.2, 0) is 17.8 Å². The quantitative estimate of drug-likeness (QED) is 0.900. The van der Waals surface area contributed by atoms with Crippen LogP contribution in [0, 0.1) is 5.92 Å². The molecule has 1 aliphatic rings. The van der Waals surface area contributed by atoms with Gasteiger partial charge in [-0.15, -0.1) is 0 Å². The molecule has 3 nitrogen and oxygen atoms in total. The predicted molar refractivity (Wildman–Crippen MR) is 77.9 cm³/mol. The molecule has 1 aliphatic heterocycles. The van der Waals surface area contributed by atoms with Gasteiger partial charge in [-0.25, -0.2) is 0 Å². The Balaban J connectivity index is 1.91. The van der Waals surface area contributed by atoms with Gasteiger partial charge in [-0.2, -0.15) is 0 Å². The summed E-state index contributed by atoms with van der Waals surface area (Å²) in [6.45, 7) is 4.74. The molecule has 0 saturated carbocycles. The minimum absolute atomic E-state index is 0.161. The maximum Gasteiger partial charge on any atom is 0.227 e. The zero-order chi connectivity index (χ0) is 13.7. The Bertz CT molecular complexity index is 407. The van der Waals surface area contributed by atoms with E-state index in [1.807, 2.05) is 11.9 Å². The highest BCUT2D eigenvalue weighted by atomic mass is 16.2. The fraction of sp³-hybridized carbons (Fsp3) is 0.562. The van der Waals surface area contributed by atoms with Gasteiger partial charge in [0, 0.05) is 20.1 Å². The Morgan fingerprint density at radius 3 is 2.58 bits per heavy atom. The summed E-state index contributed by atoms with van der Waals surface area (Å²) in [5, 5.41) is 3.30. The Kier molecular flexibility index (Phi) is 4.97. The van der Waals surface area contributed by atoms with Crippen molar-refractivity contribution in [2.75, 3.05) is 20.1 Å². The van der Waals surface area contributed by atoms with Crippen molar-refractivity contribution in [1.29, 1.82) is 0 Å². The molecule has 1 N–H and O–H groups in total. The van der Waals surface area contributed by atoms with Gasteiger partial charge < -0.3 is 10.2 Å². The lowest BCUT2D eigenvalue weighted by molar-refractivity contribution is -0.135. The predicted octanol–water partition coefficient (Wildman–Crippen LogP) is 2.21. The average molecular weight is 260 g/mol. The monoisotopic (exact) mass is 260 g/mol. The summed E-state index contributed by atoms with van der Waals surface area (Å²) in [7, 11) is 1.91. The van der Waals surface area contributed by atoms with Crippen molar-refractivity contribution in [1.82, 2.24) is 10.2 Å². The lowest BCUT2D eigenvalue weighted by atomic mass is 9.98. The van der Waals surface area contributed by atoms with Gasteiger partial charge in [0.15, 0.2) is 0 Å². The van der Waals surface area contributed by atoms with E-state index < -0.39 is 0 Å². The molecule has 0 bridgehead atoms. The minimum Gasteiger partial charge on any atom is -0.341 e. The molecule has 2 rings (SSSR count). The summed E-state index contributed by atoms with van der Waals surface area (Å²) >= 11 is 0. The fourth-order valence-electron chi connectivity index (χ4n) is 2.61. The summed E-state index contributed by atoms with van der Waals surface area (Å²) < 4.78 is 0. The second kappa shape index (κ2) is 6.71. The Morgan fingerprint density at radius 1 is 1.32 bits per heavy atom. The van der Waals surface area contributed by atoms with Crippen molar-refractivity contribution >= 4 is 5.91 Å². The van der Waals surface area contributed by atoms with Crippen molar-refractivity contribution in [2.24, 2.45) is 5.92 Å². The first kappa shape index (κ1) is 14.1. The zero-order valence-corrected chi connectivity index (χ0v) is 12.0. The number of amides is 1. The Labute approximate surface area is 116 Å². The van der Waals surface area contributed by atoms with Crippen molar-refractivity contribution < 1.29 is 4.79 Å². The molecule has 1 saturated heterocycles. The number of nitrogens with one attached hydrogen (secondary N) is 1. The average Bonchev–Trinajstić information content (AvgIpc) is 2.48. The van der Waals surface area contributed by atoms with E-state index in [0.717, 1.165) is 32.4 Å². The standard InChI is InChI=1S/C16H24N2O/c1-3-13-6-8-14(9-7-13)12-18(2)16(19)15-5-4-10-17-11-15/h6-9,15,17H,3-5,10-12H2,1-2H3/t15-/m0/s1. The van der Waals surface area contributed by atoms with Crippen molar-refractivity contribution in [3.63, 3.8) is 0 Å². The third-order valence-corrected chi connectivity index (χ3v) is 3.87. The largest absolute Gasteiger partial charge is 0.341 e. The van der Waals surface area contributed by atoms with Gasteiger partial charge >= 0.3 is 0 Å². The van der Waals surface area contributed by atoms with Crippen LogP contribution in [0.2, 0.25) is 0 Å². The van der Waals surface area contributed by atoms with E-state index in [1.54, 1.807) is 0 Å². The van der Waals surface area contributed by atoms with Crippen LogP contribution in [0.5, 0.6) is 0 Å². The topological polar surface area (TPSA) is 32.3 Å². The number of hydrogen-bond donors (Lipinski definition) is 1. The lowest BCUT2D eigenvalue weighted by Crippen LogP contribution is -2.41. The molecule has 1 aromatic carbocycles. The van der Waals surface area contributed by atoms with Crippen molar-refractivity contribution in [3.8, 4) is 0 Å². The van der Waals surface area contributed by atoms with Crippen LogP contribution in [0.4, 0.5) is 0 Å². The van der Waals surface area contributed by atoms with E-state index in [4.69, 9.17) is 0 Å². The van der Waals surface area contributed by atoms with Crippen LogP contribution in [0.25, 0.3) is 0 Å². The molecule has 0 aromatic heterocycles. The number of nitrogens with zero attached hydrogens (tertiary/aromatic N) is 1. The molecule has 0 unspecified atom stereocenters. The normalized spacial score (nSPS) is 19.2. The molecule has 19 heavy (non-hydrogen) atoms. The third kappa shape index (κ3) is 3.80. The molecule has 1 fully saturated rings. The smallest absolute Gasteiger partial charge is 0.227 e. The van der Waals surface area contributed by atoms with E-state index >= 15 is 0 Å². The van der Waals surface area contributed by atoms with Gasteiger partial charge in [-0.05, 0) is 36.9 Å². The first-order chi connectivity index (χ1) is 9.20. The number of piperidine rings is 1. The Hall–Kier alpha value is -1.35. The van der Waals surface area contributed by atoms with Crippen LogP contribution in [0.15, 0.2) is 24.3 Å². The second-order valence-electron chi connectivity index (χ2n) is 5.41. The molecule has 0 spiro atoms. The first-order valence-corrected chi connectivity index (χ1v) is 7.24. The van der Waals surface area contributed by atoms with E-state index in [2.05, 4.69) is 36.5 Å². The molecular formula is C16H24N2O. The van der Waals surface area contributed by atoms with Gasteiger partial charge in [-0.3, -0.25) is 4.79 Å². The fourth-order valence-corrected chi connectivity index (χ4v) is 2.61. The van der Waals surface area contributed by atoms with Crippen molar-refractivity contribution in [2.45, 2.75) is 32.7 Å². The van der Waals surface area contributed by atoms with Crippen molar-refractivity contribution in [3.05, 3.63) is 35.4 Å². The van der Waals surface area contributed by atoms with E-state index in [-0.39, 0.29) is 11.8 Å². The van der Waals surface area contributed by atoms with Crippen LogP contribution in [0.3, 0.4) is 0 Å². The van der Waals surface area contributed by atoms with Crippen LogP contribution in [0.1, 0.15) is 30.9 Å². The maximum absolute atomic E-state index is 12.3. The van der Waals surface area contributed by atoms with E-state index in [1.165, 1.54) is 11.1 Å². The Morgan fingerprint density at radius 2 is 2.00 bits per heavy atom. The molecule has 1 amide bonds. The minimum atomic E-state index is 0.161. The number of rotatable bonds is 4. The summed E-state index contributed by atoms with van der Waals surface area (Å²) in [4.78, 5) is 14.2. The van der Waals surface area contributed by atoms with E-state index in [9.17, 15) is 4.79 Å². The highest BCUT2D eigenvalue weighted by molar-refractivity contribution is 5.78. The first-order valence-electron chi connectivity index (χ1n) is 7.24. The number of carbonyl (C=O) groups excluding carboxylic acids is 1. The zero-order valence-electron chi connectivity index (χ0n) is 12.0. The summed E-state index contributed by atoms with van der Waals surface area (Å²) in [5.74, 6) is 0.431. The number of aryl methyl sites for hydroxylation is 1. The molecule has 1 aromatic rings. The van der Waals surface area contributed by atoms with Gasteiger partial charge in [0.05, 0.1) is 5.92 Å². The number of hydrogen-bond acceptors (Lipinski definition) is 2. The van der Waals surface area contributed by atoms with E-state index in [0.29, 0.717) is 6.54 Å². The summed E-state index contributed by atoms with van der Waals surface area (Å²) in [6.07, 6.45) is 3.18. The molecule has 0 radical (unpaired) electrons. The van der Waals surface area contributed by atoms with Gasteiger partial charge in [0.1, 0.15) is 0 Å². The molecule has 0 aliphatic carbocycles. The molecule has 104 valence electrons. The lowest BCUT2D eigenvalue weighted by Gasteiger charge is -2.27. The summed E-state index contributed by atoms with van der Waals surface area (Å²) in [6, 6.07) is 8.55. The molecule has 1 heterocycles. The van der Waals surface area contributed by atoms with Gasteiger partial charge in [-0.1, -0.05) is 31.2 Å².